The molecule has 0 bridgehead atoms. The average molecular weight is 307 g/mol. The van der Waals surface area contributed by atoms with Crippen molar-refractivity contribution < 1.29 is 0 Å². The molecule has 0 aliphatic carbocycles. The number of likely N-dealkylation sites (tertiary alicyclic amines) is 1. The zero-order valence-corrected chi connectivity index (χ0v) is 12.8. The highest BCUT2D eigenvalue weighted by molar-refractivity contribution is 6.30. The SMILES string of the molecule is CC1CCN(Cc2cc(=O)n3cc(Cl)ccc3n2)CC1N. The molecule has 21 heavy (non-hydrogen) atoms. The minimum Gasteiger partial charge on any atom is -0.326 e. The number of aromatic nitrogens is 2. The summed E-state index contributed by atoms with van der Waals surface area (Å²) in [5, 5.41) is 0.523. The van der Waals surface area contributed by atoms with Crippen molar-refractivity contribution in [2.45, 2.75) is 25.9 Å². The van der Waals surface area contributed by atoms with E-state index in [2.05, 4.69) is 16.8 Å². The van der Waals surface area contributed by atoms with Gasteiger partial charge in [0.1, 0.15) is 5.65 Å². The van der Waals surface area contributed by atoms with E-state index in [0.29, 0.717) is 23.1 Å². The first-order valence-corrected chi connectivity index (χ1v) is 7.56. The van der Waals surface area contributed by atoms with Gasteiger partial charge in [0.2, 0.25) is 0 Å². The molecule has 1 aliphatic rings. The van der Waals surface area contributed by atoms with Crippen LogP contribution in [0.4, 0.5) is 0 Å². The Labute approximate surface area is 128 Å². The summed E-state index contributed by atoms with van der Waals surface area (Å²) in [6.45, 7) is 4.70. The Morgan fingerprint density at radius 3 is 3.05 bits per heavy atom. The predicted octanol–water partition coefficient (Wildman–Crippen LogP) is 1.52. The van der Waals surface area contributed by atoms with Crippen molar-refractivity contribution in [3.05, 3.63) is 45.5 Å². The van der Waals surface area contributed by atoms with Crippen LogP contribution in [0.3, 0.4) is 0 Å². The number of piperidine rings is 1. The van der Waals surface area contributed by atoms with Crippen molar-refractivity contribution in [3.63, 3.8) is 0 Å². The fourth-order valence-corrected chi connectivity index (χ4v) is 2.91. The molecule has 0 aromatic carbocycles. The molecule has 6 heteroatoms. The lowest BCUT2D eigenvalue weighted by molar-refractivity contribution is 0.160. The Balaban J connectivity index is 1.85. The van der Waals surface area contributed by atoms with E-state index in [0.717, 1.165) is 25.2 Å². The molecule has 3 rings (SSSR count). The normalized spacial score (nSPS) is 23.6. The molecule has 2 unspecified atom stereocenters. The van der Waals surface area contributed by atoms with E-state index in [1.165, 1.54) is 4.40 Å². The molecule has 2 N–H and O–H groups in total. The molecule has 1 saturated heterocycles. The van der Waals surface area contributed by atoms with E-state index in [1.807, 2.05) is 0 Å². The molecule has 0 spiro atoms. The summed E-state index contributed by atoms with van der Waals surface area (Å²) < 4.78 is 1.47. The number of nitrogens with zero attached hydrogens (tertiary/aromatic N) is 3. The number of rotatable bonds is 2. The fraction of sp³-hybridized carbons (Fsp3) is 0.467. The van der Waals surface area contributed by atoms with Gasteiger partial charge < -0.3 is 5.73 Å². The van der Waals surface area contributed by atoms with Gasteiger partial charge in [-0.2, -0.15) is 0 Å². The van der Waals surface area contributed by atoms with Crippen molar-refractivity contribution in [1.29, 1.82) is 0 Å². The smallest absolute Gasteiger partial charge is 0.258 e. The van der Waals surface area contributed by atoms with Gasteiger partial charge >= 0.3 is 0 Å². The topological polar surface area (TPSA) is 63.6 Å². The van der Waals surface area contributed by atoms with E-state index in [4.69, 9.17) is 17.3 Å². The van der Waals surface area contributed by atoms with Gasteiger partial charge in [-0.1, -0.05) is 18.5 Å². The quantitative estimate of drug-likeness (QED) is 0.913. The zero-order valence-electron chi connectivity index (χ0n) is 12.0. The van der Waals surface area contributed by atoms with Crippen LogP contribution in [-0.2, 0) is 6.54 Å². The molecule has 2 aromatic heterocycles. The molecule has 2 atom stereocenters. The van der Waals surface area contributed by atoms with E-state index in [1.54, 1.807) is 24.4 Å². The van der Waals surface area contributed by atoms with Gasteiger partial charge in [0.25, 0.3) is 5.56 Å². The maximum Gasteiger partial charge on any atom is 0.258 e. The van der Waals surface area contributed by atoms with Crippen molar-refractivity contribution in [1.82, 2.24) is 14.3 Å². The molecule has 112 valence electrons. The molecule has 2 aromatic rings. The first-order valence-electron chi connectivity index (χ1n) is 7.19. The second-order valence-electron chi connectivity index (χ2n) is 5.83. The minimum absolute atomic E-state index is 0.104. The Hall–Kier alpha value is -1.43. The highest BCUT2D eigenvalue weighted by atomic mass is 35.5. The third-order valence-electron chi connectivity index (χ3n) is 4.16. The molecule has 1 aliphatic heterocycles. The maximum atomic E-state index is 12.1. The number of pyridine rings is 1. The molecule has 0 saturated carbocycles. The maximum absolute atomic E-state index is 12.1. The van der Waals surface area contributed by atoms with Crippen molar-refractivity contribution in [2.24, 2.45) is 11.7 Å². The van der Waals surface area contributed by atoms with Gasteiger partial charge in [-0.05, 0) is 31.0 Å². The zero-order chi connectivity index (χ0) is 15.0. The second kappa shape index (κ2) is 5.75. The Morgan fingerprint density at radius 2 is 2.29 bits per heavy atom. The van der Waals surface area contributed by atoms with Gasteiger partial charge in [-0.15, -0.1) is 0 Å². The minimum atomic E-state index is -0.104. The van der Waals surface area contributed by atoms with Crippen molar-refractivity contribution in [3.8, 4) is 0 Å². The largest absolute Gasteiger partial charge is 0.326 e. The number of hydrogen-bond acceptors (Lipinski definition) is 4. The number of hydrogen-bond donors (Lipinski definition) is 1. The van der Waals surface area contributed by atoms with Gasteiger partial charge in [0, 0.05) is 31.4 Å². The third-order valence-corrected chi connectivity index (χ3v) is 4.39. The molecule has 5 nitrogen and oxygen atoms in total. The molecular weight excluding hydrogens is 288 g/mol. The van der Waals surface area contributed by atoms with Crippen molar-refractivity contribution >= 4 is 17.2 Å². The summed E-state index contributed by atoms with van der Waals surface area (Å²) in [6, 6.07) is 5.27. The number of fused-ring (bicyclic) bond motifs is 1. The second-order valence-corrected chi connectivity index (χ2v) is 6.26. The first-order chi connectivity index (χ1) is 10.0. The van der Waals surface area contributed by atoms with Gasteiger partial charge in [-0.3, -0.25) is 14.1 Å². The Morgan fingerprint density at radius 1 is 1.48 bits per heavy atom. The average Bonchev–Trinajstić information content (AvgIpc) is 2.44. The lowest BCUT2D eigenvalue weighted by Crippen LogP contribution is -2.47. The van der Waals surface area contributed by atoms with Crippen LogP contribution in [-0.4, -0.2) is 33.4 Å². The van der Waals surface area contributed by atoms with Crippen LogP contribution >= 0.6 is 11.6 Å². The van der Waals surface area contributed by atoms with E-state index in [9.17, 15) is 4.79 Å². The summed E-state index contributed by atoms with van der Waals surface area (Å²) in [4.78, 5) is 18.9. The predicted molar refractivity (Wildman–Crippen MR) is 83.5 cm³/mol. The molecule has 0 amide bonds. The van der Waals surface area contributed by atoms with Crippen LogP contribution < -0.4 is 11.3 Å². The van der Waals surface area contributed by atoms with Crippen LogP contribution in [0.1, 0.15) is 19.0 Å². The van der Waals surface area contributed by atoms with Gasteiger partial charge in [-0.25, -0.2) is 4.98 Å². The fourth-order valence-electron chi connectivity index (χ4n) is 2.75. The number of halogens is 1. The van der Waals surface area contributed by atoms with Crippen LogP contribution in [0.5, 0.6) is 0 Å². The highest BCUT2D eigenvalue weighted by Gasteiger charge is 2.23. The lowest BCUT2D eigenvalue weighted by Gasteiger charge is -2.34. The van der Waals surface area contributed by atoms with Crippen LogP contribution in [0, 0.1) is 5.92 Å². The van der Waals surface area contributed by atoms with Gasteiger partial charge in [0.15, 0.2) is 0 Å². The standard InChI is InChI=1S/C15H19ClN4O/c1-10-4-5-19(9-13(10)17)8-12-6-15(21)20-7-11(16)2-3-14(20)18-12/h2-3,6-7,10,13H,4-5,8-9,17H2,1H3. The Bertz CT molecular complexity index is 714. The summed E-state index contributed by atoms with van der Waals surface area (Å²) in [5.74, 6) is 0.554. The van der Waals surface area contributed by atoms with Gasteiger partial charge in [0.05, 0.1) is 10.7 Å². The summed E-state index contributed by atoms with van der Waals surface area (Å²) in [7, 11) is 0. The lowest BCUT2D eigenvalue weighted by atomic mass is 9.94. The van der Waals surface area contributed by atoms with Crippen LogP contribution in [0.2, 0.25) is 5.02 Å². The monoisotopic (exact) mass is 306 g/mol. The van der Waals surface area contributed by atoms with E-state index >= 15 is 0 Å². The summed E-state index contributed by atoms with van der Waals surface area (Å²) in [5.41, 5.74) is 7.42. The van der Waals surface area contributed by atoms with Crippen LogP contribution in [0.15, 0.2) is 29.2 Å². The van der Waals surface area contributed by atoms with E-state index in [-0.39, 0.29) is 11.6 Å². The molecule has 1 fully saturated rings. The summed E-state index contributed by atoms with van der Waals surface area (Å²) in [6.07, 6.45) is 2.68. The molecule has 0 radical (unpaired) electrons. The van der Waals surface area contributed by atoms with Crippen molar-refractivity contribution in [2.75, 3.05) is 13.1 Å². The first kappa shape index (κ1) is 14.5. The summed E-state index contributed by atoms with van der Waals surface area (Å²) >= 11 is 5.91. The third kappa shape index (κ3) is 3.10. The Kier molecular flexibility index (Phi) is 3.97. The van der Waals surface area contributed by atoms with Crippen LogP contribution in [0.25, 0.3) is 5.65 Å². The number of nitrogens with two attached hydrogens (primary N) is 1. The molecular formula is C15H19ClN4O. The highest BCUT2D eigenvalue weighted by Crippen LogP contribution is 2.17. The van der Waals surface area contributed by atoms with E-state index < -0.39 is 0 Å². The molecule has 3 heterocycles.